The number of carboxylic acid groups (broad SMARTS) is 1. The summed E-state index contributed by atoms with van der Waals surface area (Å²) in [4.78, 5) is 24.8. The van der Waals surface area contributed by atoms with E-state index in [0.29, 0.717) is 11.2 Å². The highest BCUT2D eigenvalue weighted by molar-refractivity contribution is 5.75. The van der Waals surface area contributed by atoms with Gasteiger partial charge in [-0.2, -0.15) is 0 Å². The van der Waals surface area contributed by atoms with Crippen molar-refractivity contribution in [3.05, 3.63) is 11.8 Å². The summed E-state index contributed by atoms with van der Waals surface area (Å²) in [6.45, 7) is 20.7. The molecular formula is C23H43NO3. The molecule has 0 radical (unpaired) electrons. The Morgan fingerprint density at radius 1 is 0.926 bits per heavy atom. The van der Waals surface area contributed by atoms with Crippen LogP contribution in [0.1, 0.15) is 101 Å². The molecule has 1 heterocycles. The van der Waals surface area contributed by atoms with Gasteiger partial charge in [-0.3, -0.25) is 9.79 Å². The summed E-state index contributed by atoms with van der Waals surface area (Å²) in [5.41, 5.74) is 1.93. The minimum absolute atomic E-state index is 0.151. The monoisotopic (exact) mass is 381 g/mol. The van der Waals surface area contributed by atoms with Crippen LogP contribution in [-0.4, -0.2) is 23.1 Å². The fraction of sp³-hybridized carbons (Fsp3) is 0.783. The number of ketones is 1. The van der Waals surface area contributed by atoms with Crippen LogP contribution >= 0.6 is 0 Å². The fourth-order valence-electron chi connectivity index (χ4n) is 1.90. The molecule has 1 rings (SSSR count). The standard InChI is InChI=1S/C8H13N.C8H16O.C7H14O2/c1-8(2,3)7-5-4-6-9-7;1-7(9)5-6-8(2,3)4;1-7(2,3)5-4-6(8)9/h5-6H,4H2,1-3H3;5-6H2,1-4H3;4-5H2,1-3H3,(H,8,9). The number of allylic oxidation sites excluding steroid dienone is 2. The molecule has 0 saturated carbocycles. The van der Waals surface area contributed by atoms with Gasteiger partial charge in [0.15, 0.2) is 0 Å². The van der Waals surface area contributed by atoms with Crippen LogP contribution in [0, 0.1) is 16.2 Å². The van der Waals surface area contributed by atoms with E-state index in [4.69, 9.17) is 5.11 Å². The average Bonchev–Trinajstić information content (AvgIpc) is 2.97. The summed E-state index contributed by atoms with van der Waals surface area (Å²) >= 11 is 0. The quantitative estimate of drug-likeness (QED) is 0.590. The van der Waals surface area contributed by atoms with E-state index in [1.807, 2.05) is 27.0 Å². The summed E-state index contributed by atoms with van der Waals surface area (Å²) in [6, 6.07) is 0. The number of hydrogen-bond acceptors (Lipinski definition) is 3. The Labute approximate surface area is 167 Å². The minimum Gasteiger partial charge on any atom is -0.481 e. The molecule has 0 aromatic rings. The molecule has 1 aliphatic heterocycles. The number of aliphatic carboxylic acids is 1. The summed E-state index contributed by atoms with van der Waals surface area (Å²) in [5, 5.41) is 8.28. The van der Waals surface area contributed by atoms with E-state index in [9.17, 15) is 9.59 Å². The predicted octanol–water partition coefficient (Wildman–Crippen LogP) is 6.69. The maximum atomic E-state index is 10.5. The second-order valence-corrected chi connectivity index (χ2v) is 10.6. The van der Waals surface area contributed by atoms with Crippen LogP contribution in [-0.2, 0) is 9.59 Å². The van der Waals surface area contributed by atoms with E-state index in [0.717, 1.165) is 25.7 Å². The van der Waals surface area contributed by atoms with Gasteiger partial charge < -0.3 is 9.90 Å². The number of rotatable bonds is 4. The second kappa shape index (κ2) is 12.1. The highest BCUT2D eigenvalue weighted by atomic mass is 16.4. The molecule has 4 nitrogen and oxygen atoms in total. The van der Waals surface area contributed by atoms with Crippen LogP contribution in [0.3, 0.4) is 0 Å². The molecule has 1 N–H and O–H groups in total. The number of Topliss-reactive ketones (excluding diaryl/α,β-unsaturated/α-hetero) is 1. The number of carbonyl (C=O) groups excluding carboxylic acids is 1. The number of hydrogen-bond donors (Lipinski definition) is 1. The maximum Gasteiger partial charge on any atom is 0.303 e. The van der Waals surface area contributed by atoms with Gasteiger partial charge in [0.05, 0.1) is 0 Å². The number of carboxylic acids is 1. The van der Waals surface area contributed by atoms with E-state index in [-0.39, 0.29) is 17.3 Å². The van der Waals surface area contributed by atoms with Crippen LogP contribution in [0.4, 0.5) is 0 Å². The molecule has 0 saturated heterocycles. The van der Waals surface area contributed by atoms with Crippen molar-refractivity contribution in [2.75, 3.05) is 0 Å². The first-order valence-corrected chi connectivity index (χ1v) is 9.88. The molecule has 0 atom stereocenters. The van der Waals surface area contributed by atoms with Crippen LogP contribution in [0.5, 0.6) is 0 Å². The Balaban J connectivity index is 0. The molecule has 158 valence electrons. The van der Waals surface area contributed by atoms with Crippen molar-refractivity contribution < 1.29 is 14.7 Å². The van der Waals surface area contributed by atoms with Gasteiger partial charge in [0.2, 0.25) is 0 Å². The van der Waals surface area contributed by atoms with Gasteiger partial charge in [-0.1, -0.05) is 68.4 Å². The smallest absolute Gasteiger partial charge is 0.303 e. The molecule has 0 aromatic heterocycles. The molecule has 0 spiro atoms. The lowest BCUT2D eigenvalue weighted by atomic mass is 9.90. The highest BCUT2D eigenvalue weighted by Crippen LogP contribution is 2.28. The zero-order chi connectivity index (χ0) is 21.9. The molecular weight excluding hydrogens is 338 g/mol. The second-order valence-electron chi connectivity index (χ2n) is 10.6. The normalized spacial score (nSPS) is 13.8. The van der Waals surface area contributed by atoms with Gasteiger partial charge in [-0.05, 0) is 30.6 Å². The third kappa shape index (κ3) is 22.5. The molecule has 0 fully saturated rings. The maximum absolute atomic E-state index is 10.5. The molecule has 0 bridgehead atoms. The van der Waals surface area contributed by atoms with E-state index < -0.39 is 5.97 Å². The van der Waals surface area contributed by atoms with E-state index >= 15 is 0 Å². The van der Waals surface area contributed by atoms with E-state index in [2.05, 4.69) is 52.6 Å². The van der Waals surface area contributed by atoms with Crippen LogP contribution in [0.15, 0.2) is 16.8 Å². The summed E-state index contributed by atoms with van der Waals surface area (Å²) in [7, 11) is 0. The van der Waals surface area contributed by atoms with Crippen molar-refractivity contribution in [3.8, 4) is 0 Å². The largest absolute Gasteiger partial charge is 0.481 e. The summed E-state index contributed by atoms with van der Waals surface area (Å²) in [6.07, 6.45) is 7.92. The number of nitrogens with zero attached hydrogens (tertiary/aromatic N) is 1. The SMILES string of the molecule is CC(=O)CCC(C)(C)C.CC(C)(C)C1=CCC=N1.CC(C)(C)CCC(=O)O. The first kappa shape index (κ1) is 27.8. The van der Waals surface area contributed by atoms with Crippen molar-refractivity contribution in [2.45, 2.75) is 101 Å². The molecule has 0 amide bonds. The van der Waals surface area contributed by atoms with Gasteiger partial charge in [-0.25, -0.2) is 0 Å². The number of aliphatic imine (C=N–C) groups is 1. The zero-order valence-corrected chi connectivity index (χ0v) is 19.4. The number of carbonyl (C=O) groups is 2. The van der Waals surface area contributed by atoms with Crippen LogP contribution in [0.2, 0.25) is 0 Å². The Morgan fingerprint density at radius 2 is 1.37 bits per heavy atom. The Kier molecular flexibility index (Phi) is 12.4. The Hall–Kier alpha value is -1.45. The lowest BCUT2D eigenvalue weighted by Gasteiger charge is -2.16. The Morgan fingerprint density at radius 3 is 1.52 bits per heavy atom. The molecule has 0 aromatic carbocycles. The van der Waals surface area contributed by atoms with E-state index in [1.165, 1.54) is 5.70 Å². The van der Waals surface area contributed by atoms with Gasteiger partial charge in [0, 0.05) is 36.6 Å². The molecule has 1 aliphatic rings. The van der Waals surface area contributed by atoms with Crippen molar-refractivity contribution in [2.24, 2.45) is 21.2 Å². The van der Waals surface area contributed by atoms with Crippen molar-refractivity contribution in [1.29, 1.82) is 0 Å². The van der Waals surface area contributed by atoms with Gasteiger partial charge >= 0.3 is 5.97 Å². The zero-order valence-electron chi connectivity index (χ0n) is 19.4. The first-order chi connectivity index (χ1) is 11.9. The van der Waals surface area contributed by atoms with Gasteiger partial charge in [-0.15, -0.1) is 0 Å². The van der Waals surface area contributed by atoms with E-state index in [1.54, 1.807) is 6.92 Å². The Bertz CT molecular complexity index is 481. The predicted molar refractivity (Wildman–Crippen MR) is 116 cm³/mol. The van der Waals surface area contributed by atoms with Crippen molar-refractivity contribution in [1.82, 2.24) is 0 Å². The lowest BCUT2D eigenvalue weighted by Crippen LogP contribution is -2.07. The first-order valence-electron chi connectivity index (χ1n) is 9.88. The minimum atomic E-state index is -0.704. The molecule has 0 unspecified atom stereocenters. The molecule has 4 heteroatoms. The van der Waals surface area contributed by atoms with Crippen LogP contribution < -0.4 is 0 Å². The van der Waals surface area contributed by atoms with Crippen LogP contribution in [0.25, 0.3) is 0 Å². The third-order valence-corrected chi connectivity index (χ3v) is 3.73. The topological polar surface area (TPSA) is 66.7 Å². The van der Waals surface area contributed by atoms with Crippen molar-refractivity contribution >= 4 is 18.0 Å². The third-order valence-electron chi connectivity index (χ3n) is 3.73. The van der Waals surface area contributed by atoms with Gasteiger partial charge in [0.1, 0.15) is 5.78 Å². The van der Waals surface area contributed by atoms with Gasteiger partial charge in [0.25, 0.3) is 0 Å². The molecule has 0 aliphatic carbocycles. The summed E-state index contributed by atoms with van der Waals surface area (Å²) in [5.74, 6) is -0.408. The molecule has 27 heavy (non-hydrogen) atoms. The van der Waals surface area contributed by atoms with Crippen molar-refractivity contribution in [3.63, 3.8) is 0 Å². The fourth-order valence-corrected chi connectivity index (χ4v) is 1.90. The lowest BCUT2D eigenvalue weighted by molar-refractivity contribution is -0.137. The summed E-state index contributed by atoms with van der Waals surface area (Å²) < 4.78 is 0. The average molecular weight is 382 g/mol. The highest BCUT2D eigenvalue weighted by Gasteiger charge is 2.17.